The SMILES string of the molecule is CC(C)C1CN(c2nccc(Cl)n2)CCN1C(=O)Nc1cc(F)ccc1F. The summed E-state index contributed by atoms with van der Waals surface area (Å²) >= 11 is 5.94. The van der Waals surface area contributed by atoms with Gasteiger partial charge in [0.25, 0.3) is 0 Å². The second kappa shape index (κ2) is 8.04. The average molecular weight is 396 g/mol. The van der Waals surface area contributed by atoms with Gasteiger partial charge in [-0.2, -0.15) is 0 Å². The summed E-state index contributed by atoms with van der Waals surface area (Å²) in [5, 5.41) is 2.82. The largest absolute Gasteiger partial charge is 0.337 e. The molecule has 6 nitrogen and oxygen atoms in total. The molecular formula is C18H20ClF2N5O. The fourth-order valence-corrected chi connectivity index (χ4v) is 3.21. The number of hydrogen-bond donors (Lipinski definition) is 1. The highest BCUT2D eigenvalue weighted by Gasteiger charge is 2.33. The van der Waals surface area contributed by atoms with Crippen LogP contribution < -0.4 is 10.2 Å². The van der Waals surface area contributed by atoms with Crippen LogP contribution in [0.2, 0.25) is 5.15 Å². The van der Waals surface area contributed by atoms with Crippen molar-refractivity contribution in [2.75, 3.05) is 29.9 Å². The highest BCUT2D eigenvalue weighted by atomic mass is 35.5. The molecule has 1 aliphatic heterocycles. The maximum atomic E-state index is 13.8. The summed E-state index contributed by atoms with van der Waals surface area (Å²) in [4.78, 5) is 24.7. The van der Waals surface area contributed by atoms with Gasteiger partial charge in [0.1, 0.15) is 16.8 Å². The van der Waals surface area contributed by atoms with E-state index in [1.807, 2.05) is 18.7 Å². The Morgan fingerprint density at radius 3 is 2.78 bits per heavy atom. The van der Waals surface area contributed by atoms with Crippen LogP contribution in [0, 0.1) is 17.6 Å². The smallest absolute Gasteiger partial charge is 0.322 e. The van der Waals surface area contributed by atoms with Crippen molar-refractivity contribution >= 4 is 29.3 Å². The molecule has 1 aliphatic rings. The Kier molecular flexibility index (Phi) is 5.74. The summed E-state index contributed by atoms with van der Waals surface area (Å²) in [6, 6.07) is 3.93. The molecule has 1 aromatic carbocycles. The summed E-state index contributed by atoms with van der Waals surface area (Å²) in [6.45, 7) is 5.40. The second-order valence-corrected chi connectivity index (χ2v) is 7.07. The van der Waals surface area contributed by atoms with Gasteiger partial charge in [0, 0.05) is 31.9 Å². The van der Waals surface area contributed by atoms with Crippen LogP contribution in [0.4, 0.5) is 25.2 Å². The molecule has 1 unspecified atom stereocenters. The third-order valence-corrected chi connectivity index (χ3v) is 4.72. The van der Waals surface area contributed by atoms with Crippen LogP contribution in [0.3, 0.4) is 0 Å². The summed E-state index contributed by atoms with van der Waals surface area (Å²) in [6.07, 6.45) is 1.58. The molecule has 0 aliphatic carbocycles. The highest BCUT2D eigenvalue weighted by molar-refractivity contribution is 6.29. The monoisotopic (exact) mass is 395 g/mol. The van der Waals surface area contributed by atoms with E-state index < -0.39 is 17.7 Å². The van der Waals surface area contributed by atoms with Crippen molar-refractivity contribution in [1.29, 1.82) is 0 Å². The number of anilines is 2. The van der Waals surface area contributed by atoms with Crippen molar-refractivity contribution in [3.63, 3.8) is 0 Å². The molecule has 2 amide bonds. The van der Waals surface area contributed by atoms with E-state index in [4.69, 9.17) is 11.6 Å². The van der Waals surface area contributed by atoms with E-state index in [1.54, 1.807) is 17.2 Å². The Bertz CT molecular complexity index is 835. The fourth-order valence-electron chi connectivity index (χ4n) is 3.07. The number of nitrogens with one attached hydrogen (secondary N) is 1. The van der Waals surface area contributed by atoms with E-state index in [0.29, 0.717) is 30.7 Å². The molecule has 3 rings (SSSR count). The molecule has 144 valence electrons. The lowest BCUT2D eigenvalue weighted by Gasteiger charge is -2.43. The first-order valence-corrected chi connectivity index (χ1v) is 8.99. The van der Waals surface area contributed by atoms with E-state index in [9.17, 15) is 13.6 Å². The summed E-state index contributed by atoms with van der Waals surface area (Å²) < 4.78 is 27.2. The number of urea groups is 1. The van der Waals surface area contributed by atoms with Gasteiger partial charge >= 0.3 is 6.03 Å². The van der Waals surface area contributed by atoms with Gasteiger partial charge in [-0.3, -0.25) is 0 Å². The van der Waals surface area contributed by atoms with Crippen LogP contribution in [0.1, 0.15) is 13.8 Å². The Hall–Kier alpha value is -2.48. The van der Waals surface area contributed by atoms with E-state index >= 15 is 0 Å². The van der Waals surface area contributed by atoms with Crippen LogP contribution in [0.5, 0.6) is 0 Å². The zero-order valence-electron chi connectivity index (χ0n) is 15.0. The Labute approximate surface area is 161 Å². The van der Waals surface area contributed by atoms with E-state index in [2.05, 4.69) is 15.3 Å². The normalized spacial score (nSPS) is 17.3. The molecule has 1 aromatic heterocycles. The number of carbonyl (C=O) groups is 1. The molecule has 0 saturated carbocycles. The van der Waals surface area contributed by atoms with Crippen molar-refractivity contribution in [3.8, 4) is 0 Å². The molecule has 0 bridgehead atoms. The molecule has 1 atom stereocenters. The Morgan fingerprint density at radius 2 is 2.07 bits per heavy atom. The third kappa shape index (κ3) is 4.44. The summed E-state index contributed by atoms with van der Waals surface area (Å²) in [7, 11) is 0. The number of aromatic nitrogens is 2. The molecule has 0 radical (unpaired) electrons. The van der Waals surface area contributed by atoms with Crippen molar-refractivity contribution in [3.05, 3.63) is 47.2 Å². The maximum absolute atomic E-state index is 13.8. The highest BCUT2D eigenvalue weighted by Crippen LogP contribution is 2.23. The third-order valence-electron chi connectivity index (χ3n) is 4.51. The van der Waals surface area contributed by atoms with Crippen LogP contribution in [-0.4, -0.2) is 46.6 Å². The van der Waals surface area contributed by atoms with Gasteiger partial charge in [0.15, 0.2) is 0 Å². The van der Waals surface area contributed by atoms with E-state index in [1.165, 1.54) is 0 Å². The zero-order chi connectivity index (χ0) is 19.6. The van der Waals surface area contributed by atoms with Gasteiger partial charge in [0.05, 0.1) is 11.7 Å². The summed E-state index contributed by atoms with van der Waals surface area (Å²) in [5.41, 5.74) is -0.178. The number of halogens is 3. The van der Waals surface area contributed by atoms with Crippen LogP contribution in [-0.2, 0) is 0 Å². The van der Waals surface area contributed by atoms with Crippen LogP contribution in [0.25, 0.3) is 0 Å². The number of rotatable bonds is 3. The number of carbonyl (C=O) groups excluding carboxylic acids is 1. The predicted octanol–water partition coefficient (Wildman–Crippen LogP) is 3.79. The first kappa shape index (κ1) is 19.3. The topological polar surface area (TPSA) is 61.4 Å². The second-order valence-electron chi connectivity index (χ2n) is 6.68. The van der Waals surface area contributed by atoms with Gasteiger partial charge in [0.2, 0.25) is 5.95 Å². The first-order valence-electron chi connectivity index (χ1n) is 8.61. The predicted molar refractivity (Wildman–Crippen MR) is 100.0 cm³/mol. The van der Waals surface area contributed by atoms with Gasteiger partial charge in [-0.1, -0.05) is 25.4 Å². The van der Waals surface area contributed by atoms with E-state index in [-0.39, 0.29) is 17.6 Å². The minimum absolute atomic E-state index is 0.134. The lowest BCUT2D eigenvalue weighted by atomic mass is 10.00. The molecule has 1 fully saturated rings. The molecular weight excluding hydrogens is 376 g/mol. The molecule has 1 saturated heterocycles. The molecule has 2 aromatic rings. The standard InChI is InChI=1S/C18H20ClF2N5O/c1-11(2)15-10-25(17-22-6-5-16(19)24-17)7-8-26(15)18(27)23-14-9-12(20)3-4-13(14)21/h3-6,9,11,15H,7-8,10H2,1-2H3,(H,23,27). The summed E-state index contributed by atoms with van der Waals surface area (Å²) in [5.74, 6) is -0.661. The molecule has 9 heteroatoms. The van der Waals surface area contributed by atoms with E-state index in [0.717, 1.165) is 18.2 Å². The number of benzene rings is 1. The Balaban J connectivity index is 1.75. The van der Waals surface area contributed by atoms with Crippen LogP contribution >= 0.6 is 11.6 Å². The van der Waals surface area contributed by atoms with Crippen molar-refractivity contribution < 1.29 is 13.6 Å². The molecule has 2 heterocycles. The molecule has 27 heavy (non-hydrogen) atoms. The maximum Gasteiger partial charge on any atom is 0.322 e. The Morgan fingerprint density at radius 1 is 1.30 bits per heavy atom. The van der Waals surface area contributed by atoms with Crippen molar-refractivity contribution in [2.24, 2.45) is 5.92 Å². The van der Waals surface area contributed by atoms with Gasteiger partial charge in [-0.25, -0.2) is 23.5 Å². The zero-order valence-corrected chi connectivity index (χ0v) is 15.7. The number of nitrogens with zero attached hydrogens (tertiary/aromatic N) is 4. The lowest BCUT2D eigenvalue weighted by molar-refractivity contribution is 0.156. The van der Waals surface area contributed by atoms with Crippen molar-refractivity contribution in [2.45, 2.75) is 19.9 Å². The van der Waals surface area contributed by atoms with Gasteiger partial charge in [-0.15, -0.1) is 0 Å². The van der Waals surface area contributed by atoms with Gasteiger partial charge in [-0.05, 0) is 24.1 Å². The lowest BCUT2D eigenvalue weighted by Crippen LogP contribution is -2.58. The quantitative estimate of drug-likeness (QED) is 0.803. The number of amides is 2. The minimum Gasteiger partial charge on any atom is -0.337 e. The van der Waals surface area contributed by atoms with Crippen molar-refractivity contribution in [1.82, 2.24) is 14.9 Å². The number of hydrogen-bond acceptors (Lipinski definition) is 4. The fraction of sp³-hybridized carbons (Fsp3) is 0.389. The number of piperazine rings is 1. The molecule has 1 N–H and O–H groups in total. The first-order chi connectivity index (χ1) is 12.8. The molecule has 0 spiro atoms. The average Bonchev–Trinajstić information content (AvgIpc) is 2.64. The van der Waals surface area contributed by atoms with Crippen LogP contribution in [0.15, 0.2) is 30.5 Å². The minimum atomic E-state index is -0.684. The van der Waals surface area contributed by atoms with Gasteiger partial charge < -0.3 is 15.1 Å².